The van der Waals surface area contributed by atoms with Crippen LogP contribution in [0, 0.1) is 0 Å². The highest BCUT2D eigenvalue weighted by molar-refractivity contribution is 5.87. The molecule has 0 bridgehead atoms. The Labute approximate surface area is 185 Å². The number of likely N-dealkylation sites (N-methyl/N-ethyl adjacent to an activating group) is 1. The number of fused-ring (bicyclic) bond motifs is 1. The van der Waals surface area contributed by atoms with E-state index in [9.17, 15) is 4.79 Å². The Hall–Kier alpha value is -2.19. The van der Waals surface area contributed by atoms with Gasteiger partial charge in [0, 0.05) is 43.2 Å². The molecule has 4 rings (SSSR count). The predicted molar refractivity (Wildman–Crippen MR) is 119 cm³/mol. The summed E-state index contributed by atoms with van der Waals surface area (Å²) in [6.45, 7) is 13.5. The summed E-state index contributed by atoms with van der Waals surface area (Å²) >= 11 is 0. The fraction of sp³-hybridized carbons (Fsp3) is 0.696. The van der Waals surface area contributed by atoms with Crippen molar-refractivity contribution in [3.05, 3.63) is 23.9 Å². The maximum atomic E-state index is 12.2. The summed E-state index contributed by atoms with van der Waals surface area (Å²) in [4.78, 5) is 28.4. The maximum absolute atomic E-state index is 12.2. The van der Waals surface area contributed by atoms with Gasteiger partial charge >= 0.3 is 6.01 Å². The molecule has 1 aromatic rings. The van der Waals surface area contributed by atoms with Crippen molar-refractivity contribution in [1.29, 1.82) is 0 Å². The largest absolute Gasteiger partial charge is 0.462 e. The number of hydrogen-bond donors (Lipinski definition) is 0. The van der Waals surface area contributed by atoms with Crippen LogP contribution in [0.15, 0.2) is 12.7 Å². The number of carbonyl (C=O) groups excluding carboxylic acids is 1. The second kappa shape index (κ2) is 9.12. The lowest BCUT2D eigenvalue weighted by Gasteiger charge is -2.45. The molecule has 170 valence electrons. The Morgan fingerprint density at radius 2 is 2.06 bits per heavy atom. The molecule has 0 spiro atoms. The van der Waals surface area contributed by atoms with Gasteiger partial charge in [-0.15, -0.1) is 0 Å². The normalized spacial score (nSPS) is 29.0. The molecule has 0 radical (unpaired) electrons. The molecule has 0 aromatic carbocycles. The smallest absolute Gasteiger partial charge is 0.318 e. The average Bonchev–Trinajstić information content (AvgIpc) is 3.16. The van der Waals surface area contributed by atoms with Gasteiger partial charge in [0.25, 0.3) is 0 Å². The Kier molecular flexibility index (Phi) is 6.48. The van der Waals surface area contributed by atoms with E-state index in [4.69, 9.17) is 19.4 Å². The Bertz CT molecular complexity index is 832. The third-order valence-corrected chi connectivity index (χ3v) is 6.84. The summed E-state index contributed by atoms with van der Waals surface area (Å²) in [5.74, 6) is 0.863. The molecule has 2 fully saturated rings. The van der Waals surface area contributed by atoms with E-state index in [0.29, 0.717) is 38.4 Å². The first-order chi connectivity index (χ1) is 14.9. The number of amides is 1. The van der Waals surface area contributed by atoms with Crippen LogP contribution >= 0.6 is 0 Å². The van der Waals surface area contributed by atoms with Crippen LogP contribution in [-0.4, -0.2) is 83.2 Å². The van der Waals surface area contributed by atoms with E-state index in [0.717, 1.165) is 36.5 Å². The minimum absolute atomic E-state index is 0.0226. The van der Waals surface area contributed by atoms with Gasteiger partial charge in [-0.3, -0.25) is 4.79 Å². The molecule has 1 unspecified atom stereocenters. The number of rotatable bonds is 5. The van der Waals surface area contributed by atoms with Gasteiger partial charge in [0.15, 0.2) is 0 Å². The predicted octanol–water partition coefficient (Wildman–Crippen LogP) is 2.02. The molecule has 1 amide bonds. The van der Waals surface area contributed by atoms with Crippen LogP contribution in [0.3, 0.4) is 0 Å². The third-order valence-electron chi connectivity index (χ3n) is 6.84. The number of likely N-dealkylation sites (tertiary alicyclic amines) is 1. The minimum atomic E-state index is -0.0226. The van der Waals surface area contributed by atoms with Crippen LogP contribution in [0.25, 0.3) is 0 Å². The monoisotopic (exact) mass is 429 g/mol. The lowest BCUT2D eigenvalue weighted by molar-refractivity contribution is -0.128. The summed E-state index contributed by atoms with van der Waals surface area (Å²) in [6, 6.07) is 1.05. The topological polar surface area (TPSA) is 71.0 Å². The van der Waals surface area contributed by atoms with Gasteiger partial charge in [0.05, 0.1) is 18.4 Å². The molecule has 31 heavy (non-hydrogen) atoms. The highest BCUT2D eigenvalue weighted by atomic mass is 16.5. The van der Waals surface area contributed by atoms with E-state index < -0.39 is 0 Å². The van der Waals surface area contributed by atoms with E-state index in [1.54, 1.807) is 0 Å². The van der Waals surface area contributed by atoms with Crippen molar-refractivity contribution in [3.63, 3.8) is 0 Å². The maximum Gasteiger partial charge on any atom is 0.318 e. The second-order valence-corrected chi connectivity index (χ2v) is 9.21. The molecular formula is C23H35N5O3. The van der Waals surface area contributed by atoms with Gasteiger partial charge in [-0.2, -0.15) is 9.97 Å². The molecule has 8 heteroatoms. The van der Waals surface area contributed by atoms with Crippen LogP contribution in [0.1, 0.15) is 44.9 Å². The first-order valence-corrected chi connectivity index (χ1v) is 11.4. The fourth-order valence-electron chi connectivity index (χ4n) is 4.88. The number of hydrogen-bond acceptors (Lipinski definition) is 7. The number of nitrogens with zero attached hydrogens (tertiary/aromatic N) is 5. The van der Waals surface area contributed by atoms with Crippen LogP contribution in [0.4, 0.5) is 5.82 Å². The Morgan fingerprint density at radius 3 is 2.77 bits per heavy atom. The van der Waals surface area contributed by atoms with Gasteiger partial charge < -0.3 is 24.2 Å². The second-order valence-electron chi connectivity index (χ2n) is 9.21. The van der Waals surface area contributed by atoms with Crippen molar-refractivity contribution in [2.45, 2.75) is 70.9 Å². The number of carbonyl (C=O) groups is 1. The highest BCUT2D eigenvalue weighted by Crippen LogP contribution is 2.32. The van der Waals surface area contributed by atoms with E-state index in [1.807, 2.05) is 4.90 Å². The molecule has 0 N–H and O–H groups in total. The molecule has 4 atom stereocenters. The first-order valence-electron chi connectivity index (χ1n) is 11.4. The van der Waals surface area contributed by atoms with Gasteiger partial charge in [-0.25, -0.2) is 0 Å². The van der Waals surface area contributed by atoms with Crippen molar-refractivity contribution >= 4 is 11.7 Å². The zero-order valence-electron chi connectivity index (χ0n) is 19.2. The standard InChI is InChI=1S/C23H35N5O3/c1-6-21(29)27-11-16(3)28(12-15(27)2)22-19-14-30-17(4)10-20(19)24-23(25-22)31-13-18-8-7-9-26(18)5/h6,15-18H,1,7-14H2,2-5H3/t15-,16+,17?,18+/m1/s1. The van der Waals surface area contributed by atoms with Crippen molar-refractivity contribution in [2.75, 3.05) is 38.2 Å². The highest BCUT2D eigenvalue weighted by Gasteiger charge is 2.35. The van der Waals surface area contributed by atoms with Crippen molar-refractivity contribution in [3.8, 4) is 6.01 Å². The summed E-state index contributed by atoms with van der Waals surface area (Å²) in [5, 5.41) is 0. The molecule has 0 saturated carbocycles. The van der Waals surface area contributed by atoms with Gasteiger partial charge in [-0.1, -0.05) is 6.58 Å². The van der Waals surface area contributed by atoms with Gasteiger partial charge in [-0.05, 0) is 53.3 Å². The van der Waals surface area contributed by atoms with Crippen LogP contribution in [0.2, 0.25) is 0 Å². The van der Waals surface area contributed by atoms with Crippen molar-refractivity contribution < 1.29 is 14.3 Å². The number of anilines is 1. The minimum Gasteiger partial charge on any atom is -0.462 e. The number of ether oxygens (including phenoxy) is 2. The lowest BCUT2D eigenvalue weighted by atomic mass is 10.0. The molecule has 4 heterocycles. The summed E-state index contributed by atoms with van der Waals surface area (Å²) in [7, 11) is 2.15. The number of aromatic nitrogens is 2. The van der Waals surface area contributed by atoms with E-state index in [2.05, 4.69) is 44.2 Å². The van der Waals surface area contributed by atoms with Crippen LogP contribution in [0.5, 0.6) is 6.01 Å². The molecular weight excluding hydrogens is 394 g/mol. The third kappa shape index (κ3) is 4.55. The van der Waals surface area contributed by atoms with E-state index in [1.165, 1.54) is 12.5 Å². The quantitative estimate of drug-likeness (QED) is 0.663. The van der Waals surface area contributed by atoms with Crippen molar-refractivity contribution in [1.82, 2.24) is 19.8 Å². The molecule has 2 saturated heterocycles. The van der Waals surface area contributed by atoms with Crippen LogP contribution < -0.4 is 9.64 Å². The van der Waals surface area contributed by atoms with Crippen molar-refractivity contribution in [2.24, 2.45) is 0 Å². The van der Waals surface area contributed by atoms with E-state index >= 15 is 0 Å². The lowest BCUT2D eigenvalue weighted by Crippen LogP contribution is -2.58. The summed E-state index contributed by atoms with van der Waals surface area (Å²) in [5.41, 5.74) is 2.06. The molecule has 3 aliphatic heterocycles. The fourth-order valence-corrected chi connectivity index (χ4v) is 4.88. The SMILES string of the molecule is C=CC(=O)N1C[C@H](C)N(c2nc(OC[C@@H]3CCCN3C)nc3c2COC(C)C3)C[C@H]1C. The average molecular weight is 430 g/mol. The van der Waals surface area contributed by atoms with Gasteiger partial charge in [0.1, 0.15) is 12.4 Å². The molecule has 0 aliphatic carbocycles. The summed E-state index contributed by atoms with van der Waals surface area (Å²) < 4.78 is 12.1. The Balaban J connectivity index is 1.60. The molecule has 1 aromatic heterocycles. The summed E-state index contributed by atoms with van der Waals surface area (Å²) in [6.07, 6.45) is 4.63. The van der Waals surface area contributed by atoms with E-state index in [-0.39, 0.29) is 24.1 Å². The van der Waals surface area contributed by atoms with Crippen LogP contribution in [-0.2, 0) is 22.6 Å². The Morgan fingerprint density at radius 1 is 1.26 bits per heavy atom. The zero-order valence-corrected chi connectivity index (χ0v) is 19.2. The number of piperazine rings is 1. The first kappa shape index (κ1) is 22.0. The zero-order chi connectivity index (χ0) is 22.1. The molecule has 8 nitrogen and oxygen atoms in total. The van der Waals surface area contributed by atoms with Gasteiger partial charge in [0.2, 0.25) is 5.91 Å². The molecule has 3 aliphatic rings.